The topological polar surface area (TPSA) is 45.7 Å². The minimum atomic E-state index is -0.389. The molecule has 0 atom stereocenters. The maximum Gasteiger partial charge on any atom is 0.186 e. The van der Waals surface area contributed by atoms with E-state index >= 15 is 0 Å². The summed E-state index contributed by atoms with van der Waals surface area (Å²) in [6.45, 7) is 0.0498. The number of hydrazone groups is 1. The molecular weight excluding hydrogens is 337 g/mol. The van der Waals surface area contributed by atoms with Gasteiger partial charge < -0.3 is 10.1 Å². The van der Waals surface area contributed by atoms with Crippen LogP contribution in [0.1, 0.15) is 11.1 Å². The van der Waals surface area contributed by atoms with Crippen molar-refractivity contribution in [3.8, 4) is 5.75 Å². The first kappa shape index (κ1) is 17.2. The first-order chi connectivity index (χ1) is 11.1. The fraction of sp³-hybridized carbons (Fsp3) is 0.125. The number of benzene rings is 2. The largest absolute Gasteiger partial charge is 0.489 e. The van der Waals surface area contributed by atoms with E-state index in [0.717, 1.165) is 5.56 Å². The summed E-state index contributed by atoms with van der Waals surface area (Å²) in [4.78, 5) is 0. The molecule has 2 aromatic carbocycles. The zero-order chi connectivity index (χ0) is 16.7. The Kier molecular flexibility index (Phi) is 6.31. The van der Waals surface area contributed by atoms with Gasteiger partial charge in [0.1, 0.15) is 18.2 Å². The fourth-order valence-electron chi connectivity index (χ4n) is 1.73. The van der Waals surface area contributed by atoms with Crippen molar-refractivity contribution in [2.24, 2.45) is 5.10 Å². The summed E-state index contributed by atoms with van der Waals surface area (Å²) in [5.74, 6) is 0.199. The maximum absolute atomic E-state index is 13.7. The lowest BCUT2D eigenvalue weighted by atomic mass is 10.2. The number of hydrogen-bond acceptors (Lipinski definition) is 3. The van der Waals surface area contributed by atoms with Gasteiger partial charge in [0.2, 0.25) is 0 Å². The van der Waals surface area contributed by atoms with Crippen molar-refractivity contribution in [1.82, 2.24) is 10.7 Å². The highest BCUT2D eigenvalue weighted by Crippen LogP contribution is 2.21. The Morgan fingerprint density at radius 3 is 2.87 bits per heavy atom. The van der Waals surface area contributed by atoms with Gasteiger partial charge in [0.25, 0.3) is 0 Å². The highest BCUT2D eigenvalue weighted by Gasteiger charge is 2.07. The summed E-state index contributed by atoms with van der Waals surface area (Å²) in [7, 11) is 1.70. The van der Waals surface area contributed by atoms with E-state index in [9.17, 15) is 4.39 Å². The molecule has 23 heavy (non-hydrogen) atoms. The molecule has 120 valence electrons. The summed E-state index contributed by atoms with van der Waals surface area (Å²) < 4.78 is 19.3. The Balaban J connectivity index is 2.01. The van der Waals surface area contributed by atoms with Crippen LogP contribution in [0.25, 0.3) is 0 Å². The van der Waals surface area contributed by atoms with Gasteiger partial charge >= 0.3 is 0 Å². The number of hydrogen-bond donors (Lipinski definition) is 2. The molecule has 0 heterocycles. The van der Waals surface area contributed by atoms with Crippen LogP contribution in [0.5, 0.6) is 5.75 Å². The molecule has 7 heteroatoms. The van der Waals surface area contributed by atoms with Crippen molar-refractivity contribution in [2.45, 2.75) is 6.61 Å². The van der Waals surface area contributed by atoms with Crippen molar-refractivity contribution in [2.75, 3.05) is 7.05 Å². The molecule has 0 radical (unpaired) electrons. The van der Waals surface area contributed by atoms with Crippen molar-refractivity contribution in [3.63, 3.8) is 0 Å². The molecule has 0 aliphatic rings. The normalized spacial score (nSPS) is 10.6. The van der Waals surface area contributed by atoms with E-state index in [4.69, 9.17) is 28.6 Å². The molecule has 0 bridgehead atoms. The van der Waals surface area contributed by atoms with Gasteiger partial charge in [0.05, 0.1) is 11.2 Å². The molecule has 0 spiro atoms. The molecule has 0 saturated carbocycles. The number of thiocarbonyl (C=S) groups is 1. The zero-order valence-corrected chi connectivity index (χ0v) is 13.9. The van der Waals surface area contributed by atoms with E-state index in [1.807, 2.05) is 12.1 Å². The van der Waals surface area contributed by atoms with Crippen molar-refractivity contribution >= 4 is 35.1 Å². The average Bonchev–Trinajstić information content (AvgIpc) is 2.54. The second-order valence-corrected chi connectivity index (χ2v) is 5.33. The number of nitrogens with zero attached hydrogens (tertiary/aromatic N) is 1. The monoisotopic (exact) mass is 351 g/mol. The molecule has 2 rings (SSSR count). The van der Waals surface area contributed by atoms with Crippen molar-refractivity contribution in [3.05, 3.63) is 64.4 Å². The lowest BCUT2D eigenvalue weighted by molar-refractivity contribution is 0.300. The zero-order valence-electron chi connectivity index (χ0n) is 12.3. The van der Waals surface area contributed by atoms with Crippen molar-refractivity contribution < 1.29 is 9.13 Å². The van der Waals surface area contributed by atoms with Crippen LogP contribution >= 0.6 is 23.8 Å². The van der Waals surface area contributed by atoms with Gasteiger partial charge in [-0.3, -0.25) is 5.43 Å². The summed E-state index contributed by atoms with van der Waals surface area (Å²) in [6.07, 6.45) is 1.60. The smallest absolute Gasteiger partial charge is 0.186 e. The molecule has 2 N–H and O–H groups in total. The Hall–Kier alpha value is -2.18. The minimum Gasteiger partial charge on any atom is -0.489 e. The predicted molar refractivity (Wildman–Crippen MR) is 94.6 cm³/mol. The first-order valence-electron chi connectivity index (χ1n) is 6.76. The van der Waals surface area contributed by atoms with Crippen molar-refractivity contribution in [1.29, 1.82) is 0 Å². The van der Waals surface area contributed by atoms with Crippen LogP contribution in [0.3, 0.4) is 0 Å². The van der Waals surface area contributed by atoms with Gasteiger partial charge in [-0.1, -0.05) is 29.8 Å². The maximum atomic E-state index is 13.7. The van der Waals surface area contributed by atoms with Gasteiger partial charge in [-0.25, -0.2) is 4.39 Å². The van der Waals surface area contributed by atoms with E-state index in [1.165, 1.54) is 6.07 Å². The Labute approximate surface area is 144 Å². The minimum absolute atomic E-state index is 0.0498. The molecule has 0 unspecified atom stereocenters. The van der Waals surface area contributed by atoms with Gasteiger partial charge in [0.15, 0.2) is 5.11 Å². The Morgan fingerprint density at radius 2 is 2.13 bits per heavy atom. The molecule has 0 fully saturated rings. The van der Waals surface area contributed by atoms with Crippen LogP contribution in [0.15, 0.2) is 47.6 Å². The summed E-state index contributed by atoms with van der Waals surface area (Å²) in [5, 5.41) is 7.49. The number of halogens is 2. The number of nitrogens with one attached hydrogen (secondary N) is 2. The summed E-state index contributed by atoms with van der Waals surface area (Å²) >= 11 is 10.9. The van der Waals surface area contributed by atoms with Crippen LogP contribution in [0.4, 0.5) is 4.39 Å². The van der Waals surface area contributed by atoms with Crippen LogP contribution in [0, 0.1) is 5.82 Å². The Morgan fingerprint density at radius 1 is 1.35 bits per heavy atom. The van der Waals surface area contributed by atoms with E-state index in [0.29, 0.717) is 21.4 Å². The van der Waals surface area contributed by atoms with E-state index in [1.54, 1.807) is 37.5 Å². The van der Waals surface area contributed by atoms with Crippen LogP contribution in [-0.4, -0.2) is 18.4 Å². The first-order valence-corrected chi connectivity index (χ1v) is 7.55. The molecule has 2 aromatic rings. The molecule has 0 aromatic heterocycles. The molecule has 0 aliphatic carbocycles. The summed E-state index contributed by atoms with van der Waals surface area (Å²) in [6, 6.07) is 11.8. The fourth-order valence-corrected chi connectivity index (χ4v) is 2.00. The third-order valence-electron chi connectivity index (χ3n) is 2.91. The molecule has 4 nitrogen and oxygen atoms in total. The van der Waals surface area contributed by atoms with E-state index in [2.05, 4.69) is 15.8 Å². The molecule has 0 aliphatic heterocycles. The SMILES string of the molecule is CNC(=S)N/N=C\c1cccc(OCc2c(F)cccc2Cl)c1. The number of rotatable bonds is 5. The molecular formula is C16H15ClFN3OS. The lowest BCUT2D eigenvalue weighted by Gasteiger charge is -2.09. The highest BCUT2D eigenvalue weighted by atomic mass is 35.5. The molecule has 0 saturated heterocycles. The molecule has 0 amide bonds. The standard InChI is InChI=1S/C16H15ClFN3OS/c1-19-16(23)21-20-9-11-4-2-5-12(8-11)22-10-13-14(17)6-3-7-15(13)18/h2-9H,10H2,1H3,(H2,19,21,23)/b20-9-. The van der Waals surface area contributed by atoms with E-state index in [-0.39, 0.29) is 12.4 Å². The third-order valence-corrected chi connectivity index (χ3v) is 3.56. The highest BCUT2D eigenvalue weighted by molar-refractivity contribution is 7.80. The second kappa shape index (κ2) is 8.45. The van der Waals surface area contributed by atoms with Crippen LogP contribution in [-0.2, 0) is 6.61 Å². The predicted octanol–water partition coefficient (Wildman–Crippen LogP) is 3.49. The van der Waals surface area contributed by atoms with Crippen LogP contribution in [0.2, 0.25) is 5.02 Å². The summed E-state index contributed by atoms with van der Waals surface area (Å²) in [5.41, 5.74) is 3.80. The van der Waals surface area contributed by atoms with Gasteiger partial charge in [-0.15, -0.1) is 0 Å². The number of ether oxygens (including phenoxy) is 1. The lowest BCUT2D eigenvalue weighted by Crippen LogP contribution is -2.28. The second-order valence-electron chi connectivity index (χ2n) is 4.51. The third kappa shape index (κ3) is 5.19. The van der Waals surface area contributed by atoms with E-state index < -0.39 is 0 Å². The Bertz CT molecular complexity index is 704. The van der Waals surface area contributed by atoms with Gasteiger partial charge in [-0.05, 0) is 42.0 Å². The average molecular weight is 352 g/mol. The quantitative estimate of drug-likeness (QED) is 0.492. The van der Waals surface area contributed by atoms with Crippen LogP contribution < -0.4 is 15.5 Å². The van der Waals surface area contributed by atoms with Gasteiger partial charge in [0, 0.05) is 12.6 Å². The van der Waals surface area contributed by atoms with Gasteiger partial charge in [-0.2, -0.15) is 5.10 Å².